The number of methoxy groups -OCH3 is 1. The molecular formula is C24H23F6NO4. The van der Waals surface area contributed by atoms with E-state index in [4.69, 9.17) is 9.47 Å². The highest BCUT2D eigenvalue weighted by Crippen LogP contribution is 2.55. The van der Waals surface area contributed by atoms with Gasteiger partial charge in [0.05, 0.1) is 7.11 Å². The van der Waals surface area contributed by atoms with Gasteiger partial charge in [-0.3, -0.25) is 4.79 Å². The maximum absolute atomic E-state index is 14.4. The molecule has 2 aromatic rings. The third kappa shape index (κ3) is 4.04. The van der Waals surface area contributed by atoms with E-state index in [0.717, 1.165) is 26.2 Å². The summed E-state index contributed by atoms with van der Waals surface area (Å²) in [6.45, 7) is 2.01. The molecule has 6 atom stereocenters. The van der Waals surface area contributed by atoms with E-state index in [2.05, 4.69) is 5.32 Å². The predicted octanol–water partition coefficient (Wildman–Crippen LogP) is 4.98. The molecule has 1 aliphatic heterocycles. The minimum atomic E-state index is -4.88. The monoisotopic (exact) mass is 503 g/mol. The lowest BCUT2D eigenvalue weighted by molar-refractivity contribution is -0.272. The first-order valence-corrected chi connectivity index (χ1v) is 10.8. The zero-order chi connectivity index (χ0) is 25.9. The Morgan fingerprint density at radius 3 is 2.49 bits per heavy atom. The molecule has 2 N–H and O–H groups in total. The zero-order valence-electron chi connectivity index (χ0n) is 18.9. The summed E-state index contributed by atoms with van der Waals surface area (Å²) in [5.41, 5.74) is -1.97. The fraction of sp³-hybridized carbons (Fsp3) is 0.458. The first-order valence-electron chi connectivity index (χ1n) is 10.8. The van der Waals surface area contributed by atoms with Crippen LogP contribution in [0.1, 0.15) is 42.6 Å². The Balaban J connectivity index is 1.72. The Kier molecular flexibility index (Phi) is 6.29. The van der Waals surface area contributed by atoms with E-state index >= 15 is 0 Å². The average Bonchev–Trinajstić information content (AvgIpc) is 3.23. The Hall–Kier alpha value is -2.79. The lowest BCUT2D eigenvalue weighted by Crippen LogP contribution is -2.47. The van der Waals surface area contributed by atoms with Gasteiger partial charge in [-0.15, -0.1) is 0 Å². The minimum absolute atomic E-state index is 0.0853. The van der Waals surface area contributed by atoms with Crippen LogP contribution >= 0.6 is 0 Å². The second kappa shape index (κ2) is 8.70. The normalized spacial score (nSPS) is 30.3. The number of alkyl halides is 4. The van der Waals surface area contributed by atoms with Crippen LogP contribution in [0, 0.1) is 17.6 Å². The number of rotatable bonds is 4. The molecule has 0 radical (unpaired) electrons. The summed E-state index contributed by atoms with van der Waals surface area (Å²) >= 11 is 0. The molecule has 0 spiro atoms. The van der Waals surface area contributed by atoms with Crippen LogP contribution in [0.3, 0.4) is 0 Å². The van der Waals surface area contributed by atoms with Crippen molar-refractivity contribution in [2.75, 3.05) is 12.4 Å². The van der Waals surface area contributed by atoms with Crippen molar-refractivity contribution in [3.8, 4) is 5.75 Å². The van der Waals surface area contributed by atoms with Gasteiger partial charge in [0.2, 0.25) is 5.82 Å². The van der Waals surface area contributed by atoms with Gasteiger partial charge in [-0.25, -0.2) is 8.78 Å². The molecule has 35 heavy (non-hydrogen) atoms. The van der Waals surface area contributed by atoms with Gasteiger partial charge in [-0.1, -0.05) is 19.1 Å². The number of benzene rings is 2. The molecule has 1 saturated heterocycles. The SMILES string of the molecule is COc1c([C@H]2[C@H](C(=O)Nc3ccc4c(c3)C[C@H](F)[C@@H]4O)O[C@@](C)(C(F)(F)F)[C@H]2C)ccc(F)c1F. The number of carbonyl (C=O) groups excluding carboxylic acids is 1. The molecule has 1 aliphatic carbocycles. The van der Waals surface area contributed by atoms with E-state index in [9.17, 15) is 36.2 Å². The fourth-order valence-electron chi connectivity index (χ4n) is 4.92. The Bertz CT molecular complexity index is 1160. The van der Waals surface area contributed by atoms with Gasteiger partial charge in [0, 0.05) is 29.5 Å². The number of amides is 1. The van der Waals surface area contributed by atoms with Gasteiger partial charge in [0.1, 0.15) is 18.4 Å². The molecule has 11 heteroatoms. The first-order chi connectivity index (χ1) is 16.3. The van der Waals surface area contributed by atoms with Crippen molar-refractivity contribution in [1.29, 1.82) is 0 Å². The van der Waals surface area contributed by atoms with Gasteiger partial charge >= 0.3 is 6.18 Å². The van der Waals surface area contributed by atoms with E-state index in [1.807, 2.05) is 0 Å². The molecule has 190 valence electrons. The van der Waals surface area contributed by atoms with Crippen molar-refractivity contribution < 1.29 is 45.7 Å². The van der Waals surface area contributed by atoms with E-state index in [1.165, 1.54) is 25.1 Å². The summed E-state index contributed by atoms with van der Waals surface area (Å²) in [6, 6.07) is 6.04. The molecule has 1 fully saturated rings. The number of aliphatic hydroxyl groups excluding tert-OH is 1. The molecule has 0 bridgehead atoms. The van der Waals surface area contributed by atoms with Gasteiger partial charge in [-0.2, -0.15) is 17.6 Å². The Labute approximate surface area is 197 Å². The van der Waals surface area contributed by atoms with Crippen molar-refractivity contribution in [3.05, 3.63) is 58.7 Å². The van der Waals surface area contributed by atoms with Crippen LogP contribution in [-0.4, -0.2) is 42.2 Å². The predicted molar refractivity (Wildman–Crippen MR) is 113 cm³/mol. The van der Waals surface area contributed by atoms with Crippen LogP contribution < -0.4 is 10.1 Å². The molecule has 1 amide bonds. The molecule has 5 nitrogen and oxygen atoms in total. The van der Waals surface area contributed by atoms with Crippen molar-refractivity contribution in [3.63, 3.8) is 0 Å². The quantitative estimate of drug-likeness (QED) is 0.578. The van der Waals surface area contributed by atoms with Gasteiger partial charge in [0.15, 0.2) is 17.2 Å². The summed E-state index contributed by atoms with van der Waals surface area (Å²) in [6.07, 6.45) is -9.52. The number of ether oxygens (including phenoxy) is 2. The van der Waals surface area contributed by atoms with Crippen LogP contribution in [0.4, 0.5) is 32.0 Å². The molecule has 4 rings (SSSR count). The molecular weight excluding hydrogens is 480 g/mol. The second-order valence-corrected chi connectivity index (χ2v) is 9.01. The summed E-state index contributed by atoms with van der Waals surface area (Å²) in [4.78, 5) is 13.2. The number of hydrogen-bond acceptors (Lipinski definition) is 4. The summed E-state index contributed by atoms with van der Waals surface area (Å²) in [7, 11) is 1.04. The number of aliphatic hydroxyl groups is 1. The third-order valence-corrected chi connectivity index (χ3v) is 7.06. The highest BCUT2D eigenvalue weighted by Gasteiger charge is 2.66. The number of fused-ring (bicyclic) bond motifs is 1. The average molecular weight is 503 g/mol. The lowest BCUT2D eigenvalue weighted by Gasteiger charge is -2.32. The van der Waals surface area contributed by atoms with Crippen LogP contribution in [0.2, 0.25) is 0 Å². The maximum atomic E-state index is 14.4. The second-order valence-electron chi connectivity index (χ2n) is 9.01. The topological polar surface area (TPSA) is 67.8 Å². The van der Waals surface area contributed by atoms with E-state index in [-0.39, 0.29) is 17.7 Å². The molecule has 0 aromatic heterocycles. The van der Waals surface area contributed by atoms with Gasteiger partial charge < -0.3 is 19.9 Å². The van der Waals surface area contributed by atoms with Crippen LogP contribution in [-0.2, 0) is 16.0 Å². The molecule has 1 heterocycles. The first kappa shape index (κ1) is 25.3. The van der Waals surface area contributed by atoms with Crippen LogP contribution in [0.5, 0.6) is 5.75 Å². The van der Waals surface area contributed by atoms with Crippen molar-refractivity contribution in [1.82, 2.24) is 0 Å². The molecule has 2 aliphatic rings. The summed E-state index contributed by atoms with van der Waals surface area (Å²) < 4.78 is 94.3. The summed E-state index contributed by atoms with van der Waals surface area (Å²) in [5.74, 6) is -6.97. The Morgan fingerprint density at radius 1 is 1.20 bits per heavy atom. The standard InChI is InChI=1S/C24H23F6NO4/c1-10-17(14-6-7-15(25)18(27)20(14)34-3)21(35-23(10,2)24(28,29)30)22(33)31-12-4-5-13-11(8-12)9-16(26)19(13)32/h4-8,10,16-17,19,21,32H,9H2,1-3H3,(H,31,33)/t10-,16-,17-,19+,21+,23+/m0/s1. The van der Waals surface area contributed by atoms with E-state index in [1.54, 1.807) is 0 Å². The molecule has 0 unspecified atom stereocenters. The number of nitrogens with one attached hydrogen (secondary N) is 1. The van der Waals surface area contributed by atoms with E-state index < -0.39 is 65.3 Å². The van der Waals surface area contributed by atoms with Crippen molar-refractivity contribution in [2.24, 2.45) is 5.92 Å². The van der Waals surface area contributed by atoms with Gasteiger partial charge in [-0.05, 0) is 36.2 Å². The largest absolute Gasteiger partial charge is 0.493 e. The number of halogens is 6. The fourth-order valence-corrected chi connectivity index (χ4v) is 4.92. The molecule has 0 saturated carbocycles. The zero-order valence-corrected chi connectivity index (χ0v) is 18.9. The van der Waals surface area contributed by atoms with E-state index in [0.29, 0.717) is 11.1 Å². The van der Waals surface area contributed by atoms with Crippen LogP contribution in [0.25, 0.3) is 0 Å². The third-order valence-electron chi connectivity index (χ3n) is 7.06. The number of carbonyl (C=O) groups is 1. The maximum Gasteiger partial charge on any atom is 0.417 e. The number of hydrogen-bond donors (Lipinski definition) is 2. The van der Waals surface area contributed by atoms with Gasteiger partial charge in [0.25, 0.3) is 5.91 Å². The van der Waals surface area contributed by atoms with Crippen molar-refractivity contribution in [2.45, 2.75) is 56.3 Å². The Morgan fingerprint density at radius 2 is 1.86 bits per heavy atom. The minimum Gasteiger partial charge on any atom is -0.493 e. The summed E-state index contributed by atoms with van der Waals surface area (Å²) in [5, 5.41) is 12.3. The highest BCUT2D eigenvalue weighted by molar-refractivity contribution is 5.95. The lowest BCUT2D eigenvalue weighted by atomic mass is 9.77. The highest BCUT2D eigenvalue weighted by atomic mass is 19.4. The smallest absolute Gasteiger partial charge is 0.417 e. The number of anilines is 1. The molecule has 2 aromatic carbocycles. The van der Waals surface area contributed by atoms with Crippen molar-refractivity contribution >= 4 is 11.6 Å². The van der Waals surface area contributed by atoms with Crippen LogP contribution in [0.15, 0.2) is 30.3 Å².